The second kappa shape index (κ2) is 14.5. The van der Waals surface area contributed by atoms with Gasteiger partial charge >= 0.3 is 12.2 Å². The first-order valence-electron chi connectivity index (χ1n) is 16.6. The maximum atomic E-state index is 16.0. The summed E-state index contributed by atoms with van der Waals surface area (Å²) in [6.07, 6.45) is 4.21. The number of aryl methyl sites for hydroxylation is 1. The summed E-state index contributed by atoms with van der Waals surface area (Å²) in [4.78, 5) is 34.4. The number of hydrogen-bond donors (Lipinski definition) is 1. The fourth-order valence-electron chi connectivity index (χ4n) is 6.50. The predicted octanol–water partition coefficient (Wildman–Crippen LogP) is 8.02. The zero-order valence-corrected chi connectivity index (χ0v) is 32.2. The number of amides is 2. The van der Waals surface area contributed by atoms with Crippen LogP contribution in [0.15, 0.2) is 15.6 Å². The molecule has 2 bridgehead atoms. The lowest BCUT2D eigenvalue weighted by molar-refractivity contribution is 0.0239. The van der Waals surface area contributed by atoms with Gasteiger partial charge in [0.15, 0.2) is 5.82 Å². The number of pyridine rings is 1. The molecule has 1 N–H and O–H groups in total. The number of halogens is 2. The molecule has 258 valence electrons. The fraction of sp³-hybridized carbons (Fsp3) is 0.600. The van der Waals surface area contributed by atoms with Gasteiger partial charge < -0.3 is 19.7 Å². The van der Waals surface area contributed by atoms with Gasteiger partial charge in [-0.3, -0.25) is 4.90 Å². The highest BCUT2D eigenvalue weighted by molar-refractivity contribution is 9.10. The molecule has 4 heterocycles. The largest absolute Gasteiger partial charge is 0.450 e. The third-order valence-corrected chi connectivity index (χ3v) is 12.3. The molecule has 1 aliphatic carbocycles. The summed E-state index contributed by atoms with van der Waals surface area (Å²) in [7, 11) is -1.35. The maximum absolute atomic E-state index is 16.0. The van der Waals surface area contributed by atoms with Crippen molar-refractivity contribution in [2.75, 3.05) is 31.3 Å². The lowest BCUT2D eigenvalue weighted by Crippen LogP contribution is -2.50. The Labute approximate surface area is 296 Å². The van der Waals surface area contributed by atoms with Gasteiger partial charge in [0.05, 0.1) is 46.5 Å². The first-order valence-corrected chi connectivity index (χ1v) is 22.3. The average molecular weight is 759 g/mol. The number of nitrogens with one attached hydrogen (secondary N) is 1. The summed E-state index contributed by atoms with van der Waals surface area (Å²) < 4.78 is 27.6. The van der Waals surface area contributed by atoms with Gasteiger partial charge in [0.25, 0.3) is 0 Å². The molecule has 1 aromatic carbocycles. The quantitative estimate of drug-likeness (QED) is 0.164. The summed E-state index contributed by atoms with van der Waals surface area (Å²) >= 11 is 4.79. The van der Waals surface area contributed by atoms with E-state index in [-0.39, 0.29) is 48.2 Å². The van der Waals surface area contributed by atoms with E-state index in [1.54, 1.807) is 9.80 Å². The van der Waals surface area contributed by atoms with Crippen molar-refractivity contribution < 1.29 is 23.5 Å². The van der Waals surface area contributed by atoms with Crippen LogP contribution in [0, 0.1) is 34.9 Å². The number of anilines is 1. The molecule has 3 aliphatic heterocycles. The van der Waals surface area contributed by atoms with Gasteiger partial charge in [0.1, 0.15) is 16.1 Å². The minimum Gasteiger partial charge on any atom is -0.450 e. The monoisotopic (exact) mass is 757 g/mol. The maximum Gasteiger partial charge on any atom is 0.410 e. The van der Waals surface area contributed by atoms with Crippen LogP contribution in [0.3, 0.4) is 0 Å². The summed E-state index contributed by atoms with van der Waals surface area (Å²) in [5.74, 6) is 6.42. The number of fused-ring (bicyclic) bond motifs is 2. The number of benzene rings is 1. The van der Waals surface area contributed by atoms with Crippen LogP contribution in [-0.4, -0.2) is 84.7 Å². The third-order valence-electron chi connectivity index (χ3n) is 9.07. The number of thioether (sulfide) groups is 1. The second-order valence-corrected chi connectivity index (χ2v) is 22.2. The molecule has 0 spiro atoms. The van der Waals surface area contributed by atoms with E-state index in [0.29, 0.717) is 57.8 Å². The third kappa shape index (κ3) is 7.90. The van der Waals surface area contributed by atoms with Crippen LogP contribution in [0.2, 0.25) is 25.7 Å². The number of hydrogen-bond acceptors (Lipinski definition) is 8. The molecule has 1 aromatic heterocycles. The number of likely N-dealkylation sites (tertiary alicyclic amines) is 1. The summed E-state index contributed by atoms with van der Waals surface area (Å²) in [6.45, 7) is 13.9. The van der Waals surface area contributed by atoms with E-state index in [9.17, 15) is 14.9 Å². The van der Waals surface area contributed by atoms with Crippen molar-refractivity contribution in [1.82, 2.24) is 14.8 Å². The van der Waals surface area contributed by atoms with Crippen molar-refractivity contribution in [3.8, 4) is 17.9 Å². The average Bonchev–Trinajstić information content (AvgIpc) is 3.74. The van der Waals surface area contributed by atoms with E-state index in [4.69, 9.17) is 14.5 Å². The SMILES string of the molecule is CSc1nc2c(F)c(Br)c(CCC#N)cc2c(N[C@H]2[C@@H]3C[C@H]2N(C(=O)OC(C)(C)C)C3)c1C#C[C@H]1CCCN1C(=O)OCC[Si](C)(C)C. The fourth-order valence-corrected chi connectivity index (χ4v) is 8.26. The molecule has 2 aromatic rings. The zero-order chi connectivity index (χ0) is 35.0. The van der Waals surface area contributed by atoms with Crippen LogP contribution in [0.1, 0.15) is 57.6 Å². The Hall–Kier alpha value is -3.00. The molecule has 13 heteroatoms. The van der Waals surface area contributed by atoms with Crippen molar-refractivity contribution in [2.45, 2.75) is 107 Å². The Balaban J connectivity index is 1.53. The molecule has 0 radical (unpaired) electrons. The molecule has 3 saturated heterocycles. The van der Waals surface area contributed by atoms with E-state index in [1.165, 1.54) is 11.8 Å². The number of rotatable bonds is 8. The standard InChI is InChI=1S/C35H45BrFN5O4SSi/c1-35(2,3)46-34(44)42-20-22-19-26(42)29(22)39-30-24(13-12-23-11-9-15-41(23)33(43)45-16-17-48(5,6)7)32(47-4)40-31-25(30)18-21(10-8-14-38)27(36)28(31)37/h18,22-23,26,29H,8-11,15-17,19-20H2,1-7H3,(H,39,40)/t22-,23-,26-,29+/m1/s1. The van der Waals surface area contributed by atoms with Gasteiger partial charge in [0.2, 0.25) is 0 Å². The van der Waals surface area contributed by atoms with E-state index < -0.39 is 19.5 Å². The van der Waals surface area contributed by atoms with E-state index in [1.807, 2.05) is 33.1 Å². The number of nitriles is 1. The van der Waals surface area contributed by atoms with Crippen molar-refractivity contribution in [3.63, 3.8) is 0 Å². The minimum absolute atomic E-state index is 0.0822. The van der Waals surface area contributed by atoms with Crippen LogP contribution < -0.4 is 5.32 Å². The minimum atomic E-state index is -1.35. The first kappa shape index (κ1) is 36.3. The molecule has 4 aliphatic rings. The molecule has 4 fully saturated rings. The van der Waals surface area contributed by atoms with Gasteiger partial charge in [0, 0.05) is 38.9 Å². The van der Waals surface area contributed by atoms with Crippen LogP contribution >= 0.6 is 27.7 Å². The van der Waals surface area contributed by atoms with Crippen LogP contribution in [-0.2, 0) is 15.9 Å². The highest BCUT2D eigenvalue weighted by Crippen LogP contribution is 2.46. The summed E-state index contributed by atoms with van der Waals surface area (Å²) in [5.41, 5.74) is 1.52. The molecular weight excluding hydrogens is 713 g/mol. The second-order valence-electron chi connectivity index (χ2n) is 15.0. The lowest BCUT2D eigenvalue weighted by Gasteiger charge is -2.38. The number of carbonyl (C=O) groups is 2. The van der Waals surface area contributed by atoms with Crippen molar-refractivity contribution in [2.24, 2.45) is 5.92 Å². The van der Waals surface area contributed by atoms with E-state index >= 15 is 4.39 Å². The molecule has 9 nitrogen and oxygen atoms in total. The lowest BCUT2D eigenvalue weighted by atomic mass is 9.79. The van der Waals surface area contributed by atoms with Crippen molar-refractivity contribution in [1.29, 1.82) is 5.26 Å². The Kier molecular flexibility index (Phi) is 10.9. The number of aromatic nitrogens is 1. The Bertz CT molecular complexity index is 1690. The van der Waals surface area contributed by atoms with Gasteiger partial charge in [-0.1, -0.05) is 31.5 Å². The summed E-state index contributed by atoms with van der Waals surface area (Å²) in [5, 5.41) is 14.1. The molecular formula is C35H45BrFN5O4SSi. The summed E-state index contributed by atoms with van der Waals surface area (Å²) in [6, 6.07) is 4.44. The van der Waals surface area contributed by atoms with Crippen LogP contribution in [0.4, 0.5) is 19.7 Å². The van der Waals surface area contributed by atoms with E-state index in [2.05, 4.69) is 58.8 Å². The molecule has 2 amide bonds. The normalized spacial score (nSPS) is 21.8. The number of ether oxygens (including phenoxy) is 2. The molecule has 4 atom stereocenters. The Morgan fingerprint density at radius 3 is 2.67 bits per heavy atom. The number of nitrogens with zero attached hydrogens (tertiary/aromatic N) is 4. The van der Waals surface area contributed by atoms with Crippen LogP contribution in [0.5, 0.6) is 0 Å². The van der Waals surface area contributed by atoms with Crippen LogP contribution in [0.25, 0.3) is 10.9 Å². The van der Waals surface area contributed by atoms with Gasteiger partial charge in [-0.15, -0.1) is 11.8 Å². The van der Waals surface area contributed by atoms with Gasteiger partial charge in [-0.2, -0.15) is 5.26 Å². The highest BCUT2D eigenvalue weighted by atomic mass is 79.9. The highest BCUT2D eigenvalue weighted by Gasteiger charge is 2.55. The molecule has 6 rings (SSSR count). The van der Waals surface area contributed by atoms with Crippen molar-refractivity contribution >= 4 is 64.5 Å². The Morgan fingerprint density at radius 1 is 1.25 bits per heavy atom. The van der Waals surface area contributed by atoms with Crippen molar-refractivity contribution in [3.05, 3.63) is 27.5 Å². The molecule has 0 unspecified atom stereocenters. The van der Waals surface area contributed by atoms with E-state index in [0.717, 1.165) is 25.3 Å². The zero-order valence-electron chi connectivity index (χ0n) is 28.8. The molecule has 1 saturated carbocycles. The van der Waals surface area contributed by atoms with Gasteiger partial charge in [-0.25, -0.2) is 19.0 Å². The predicted molar refractivity (Wildman–Crippen MR) is 193 cm³/mol. The smallest absolute Gasteiger partial charge is 0.410 e. The molecule has 48 heavy (non-hydrogen) atoms. The van der Waals surface area contributed by atoms with Gasteiger partial charge in [-0.05, 0) is 86.3 Å². The topological polar surface area (TPSA) is 108 Å². The first-order chi connectivity index (χ1) is 22.6. The Morgan fingerprint density at radius 2 is 2.00 bits per heavy atom. The number of carbonyl (C=O) groups excluding carboxylic acids is 2.